The lowest BCUT2D eigenvalue weighted by Gasteiger charge is -2.08. The molecule has 0 saturated heterocycles. The van der Waals surface area contributed by atoms with Crippen molar-refractivity contribution >= 4 is 5.70 Å². The molecule has 0 amide bonds. The Labute approximate surface area is 91.0 Å². The maximum atomic E-state index is 5.79. The summed E-state index contributed by atoms with van der Waals surface area (Å²) in [4.78, 5) is 4.24. The fourth-order valence-electron chi connectivity index (χ4n) is 1.24. The van der Waals surface area contributed by atoms with Crippen LogP contribution in [0.2, 0.25) is 0 Å². The molecule has 3 heteroatoms. The van der Waals surface area contributed by atoms with Crippen LogP contribution in [0.25, 0.3) is 5.70 Å². The van der Waals surface area contributed by atoms with Gasteiger partial charge in [-0.15, -0.1) is 0 Å². The fourth-order valence-corrected chi connectivity index (χ4v) is 1.24. The lowest BCUT2D eigenvalue weighted by molar-refractivity contribution is 0.303. The highest BCUT2D eigenvalue weighted by Gasteiger charge is 2.03. The van der Waals surface area contributed by atoms with Gasteiger partial charge in [0.1, 0.15) is 0 Å². The predicted molar refractivity (Wildman–Crippen MR) is 62.6 cm³/mol. The summed E-state index contributed by atoms with van der Waals surface area (Å²) >= 11 is 0. The molecule has 0 aliphatic heterocycles. The molecule has 0 radical (unpaired) electrons. The van der Waals surface area contributed by atoms with Crippen molar-refractivity contribution in [3.8, 4) is 5.88 Å². The fraction of sp³-hybridized carbons (Fsp3) is 0.417. The first-order chi connectivity index (χ1) is 7.19. The summed E-state index contributed by atoms with van der Waals surface area (Å²) in [5.74, 6) is 0.699. The molecule has 1 rings (SSSR count). The zero-order chi connectivity index (χ0) is 11.3. The lowest BCUT2D eigenvalue weighted by Crippen LogP contribution is -2.02. The van der Waals surface area contributed by atoms with Gasteiger partial charge < -0.3 is 10.5 Å². The third kappa shape index (κ3) is 2.98. The minimum absolute atomic E-state index is 0.699. The minimum Gasteiger partial charge on any atom is -0.477 e. The molecular formula is C12H18N2O. The van der Waals surface area contributed by atoms with Crippen LogP contribution >= 0.6 is 0 Å². The van der Waals surface area contributed by atoms with Crippen molar-refractivity contribution in [3.63, 3.8) is 0 Å². The van der Waals surface area contributed by atoms with Crippen molar-refractivity contribution in [3.05, 3.63) is 29.5 Å². The van der Waals surface area contributed by atoms with Crippen LogP contribution in [0, 0.1) is 6.92 Å². The van der Waals surface area contributed by atoms with Gasteiger partial charge >= 0.3 is 0 Å². The van der Waals surface area contributed by atoms with Gasteiger partial charge in [0.15, 0.2) is 0 Å². The Morgan fingerprint density at radius 2 is 2.33 bits per heavy atom. The Balaban J connectivity index is 2.88. The average molecular weight is 206 g/mol. The maximum Gasteiger partial charge on any atom is 0.216 e. The van der Waals surface area contributed by atoms with Gasteiger partial charge in [0.2, 0.25) is 5.88 Å². The van der Waals surface area contributed by atoms with Crippen LogP contribution in [0.15, 0.2) is 18.3 Å². The Kier molecular flexibility index (Phi) is 4.16. The molecule has 1 aromatic rings. The van der Waals surface area contributed by atoms with E-state index >= 15 is 0 Å². The van der Waals surface area contributed by atoms with Crippen molar-refractivity contribution < 1.29 is 4.74 Å². The molecule has 0 unspecified atom stereocenters. The maximum absolute atomic E-state index is 5.79. The van der Waals surface area contributed by atoms with E-state index in [-0.39, 0.29) is 0 Å². The number of rotatable bonds is 4. The normalized spacial score (nSPS) is 11.5. The monoisotopic (exact) mass is 206 g/mol. The lowest BCUT2D eigenvalue weighted by atomic mass is 10.1. The largest absolute Gasteiger partial charge is 0.477 e. The van der Waals surface area contributed by atoms with Crippen LogP contribution in [0.1, 0.15) is 31.4 Å². The van der Waals surface area contributed by atoms with E-state index in [2.05, 4.69) is 11.9 Å². The minimum atomic E-state index is 0.699. The molecular weight excluding hydrogens is 188 g/mol. The number of aromatic nitrogens is 1. The van der Waals surface area contributed by atoms with E-state index in [1.165, 1.54) is 0 Å². The van der Waals surface area contributed by atoms with Crippen LogP contribution < -0.4 is 10.5 Å². The number of pyridine rings is 1. The second kappa shape index (κ2) is 5.39. The first-order valence-electron chi connectivity index (χ1n) is 5.20. The van der Waals surface area contributed by atoms with Crippen LogP contribution in [0.4, 0.5) is 0 Å². The van der Waals surface area contributed by atoms with Gasteiger partial charge in [-0.25, -0.2) is 4.98 Å². The smallest absolute Gasteiger partial charge is 0.216 e. The van der Waals surface area contributed by atoms with Crippen molar-refractivity contribution in [2.45, 2.75) is 27.2 Å². The number of nitrogens with zero attached hydrogens (tertiary/aromatic N) is 1. The van der Waals surface area contributed by atoms with Gasteiger partial charge in [0.25, 0.3) is 0 Å². The van der Waals surface area contributed by atoms with Crippen LogP contribution in [-0.2, 0) is 0 Å². The molecule has 0 aliphatic rings. The molecule has 0 atom stereocenters. The van der Waals surface area contributed by atoms with Crippen molar-refractivity contribution in [2.75, 3.05) is 6.61 Å². The van der Waals surface area contributed by atoms with Crippen LogP contribution in [0.5, 0.6) is 5.88 Å². The second-order valence-electron chi connectivity index (χ2n) is 3.44. The van der Waals surface area contributed by atoms with E-state index in [0.29, 0.717) is 12.5 Å². The van der Waals surface area contributed by atoms with E-state index in [0.717, 1.165) is 23.2 Å². The molecule has 1 heterocycles. The van der Waals surface area contributed by atoms with Crippen LogP contribution in [0.3, 0.4) is 0 Å². The van der Waals surface area contributed by atoms with E-state index in [1.807, 2.05) is 26.0 Å². The summed E-state index contributed by atoms with van der Waals surface area (Å²) in [5.41, 5.74) is 8.50. The van der Waals surface area contributed by atoms with Crippen LogP contribution in [-0.4, -0.2) is 11.6 Å². The highest BCUT2D eigenvalue weighted by molar-refractivity contribution is 5.62. The van der Waals surface area contributed by atoms with Gasteiger partial charge in [-0.05, 0) is 26.3 Å². The summed E-state index contributed by atoms with van der Waals surface area (Å²) in [6.07, 6.45) is 4.59. The molecule has 0 aromatic carbocycles. The summed E-state index contributed by atoms with van der Waals surface area (Å²) < 4.78 is 5.48. The number of nitrogens with two attached hydrogens (primary N) is 1. The average Bonchev–Trinajstić information content (AvgIpc) is 2.26. The summed E-state index contributed by atoms with van der Waals surface area (Å²) in [6, 6.07) is 1.99. The molecule has 1 aromatic heterocycles. The van der Waals surface area contributed by atoms with Crippen molar-refractivity contribution in [2.24, 2.45) is 5.73 Å². The third-order valence-electron chi connectivity index (χ3n) is 2.12. The molecule has 0 fully saturated rings. The van der Waals surface area contributed by atoms with E-state index in [1.54, 1.807) is 6.20 Å². The third-order valence-corrected chi connectivity index (χ3v) is 2.12. The Hall–Kier alpha value is -1.51. The number of aryl methyl sites for hydroxylation is 1. The Morgan fingerprint density at radius 1 is 1.60 bits per heavy atom. The molecule has 15 heavy (non-hydrogen) atoms. The van der Waals surface area contributed by atoms with E-state index in [9.17, 15) is 0 Å². The van der Waals surface area contributed by atoms with Gasteiger partial charge in [-0.3, -0.25) is 0 Å². The topological polar surface area (TPSA) is 48.1 Å². The Bertz CT molecular complexity index is 359. The first-order valence-corrected chi connectivity index (χ1v) is 5.20. The van der Waals surface area contributed by atoms with Gasteiger partial charge in [0.05, 0.1) is 6.61 Å². The van der Waals surface area contributed by atoms with E-state index in [4.69, 9.17) is 10.5 Å². The molecule has 0 spiro atoms. The number of ether oxygens (including phenoxy) is 1. The highest BCUT2D eigenvalue weighted by Crippen LogP contribution is 2.18. The number of hydrogen-bond donors (Lipinski definition) is 1. The summed E-state index contributed by atoms with van der Waals surface area (Å²) in [5, 5.41) is 0. The summed E-state index contributed by atoms with van der Waals surface area (Å²) in [7, 11) is 0. The van der Waals surface area contributed by atoms with Gasteiger partial charge in [-0.1, -0.05) is 13.0 Å². The van der Waals surface area contributed by atoms with Crippen molar-refractivity contribution in [1.29, 1.82) is 0 Å². The highest BCUT2D eigenvalue weighted by atomic mass is 16.5. The SMILES string of the molecule is C/C=C(\N)c1cnc(OCCC)c(C)c1. The Morgan fingerprint density at radius 3 is 2.87 bits per heavy atom. The summed E-state index contributed by atoms with van der Waals surface area (Å²) in [6.45, 7) is 6.66. The quantitative estimate of drug-likeness (QED) is 0.823. The second-order valence-corrected chi connectivity index (χ2v) is 3.44. The zero-order valence-corrected chi connectivity index (χ0v) is 9.58. The van der Waals surface area contributed by atoms with E-state index < -0.39 is 0 Å². The molecule has 0 saturated carbocycles. The molecule has 0 aliphatic carbocycles. The van der Waals surface area contributed by atoms with Gasteiger partial charge in [-0.2, -0.15) is 0 Å². The standard InChI is InChI=1S/C12H18N2O/c1-4-6-15-12-9(3)7-10(8-14-12)11(13)5-2/h5,7-8H,4,6,13H2,1-3H3/b11-5-. The van der Waals surface area contributed by atoms with Gasteiger partial charge in [0, 0.05) is 23.0 Å². The number of hydrogen-bond acceptors (Lipinski definition) is 3. The molecule has 0 bridgehead atoms. The number of allylic oxidation sites excluding steroid dienone is 1. The van der Waals surface area contributed by atoms with Crippen molar-refractivity contribution in [1.82, 2.24) is 4.98 Å². The molecule has 2 N–H and O–H groups in total. The predicted octanol–water partition coefficient (Wildman–Crippen LogP) is 2.50. The zero-order valence-electron chi connectivity index (χ0n) is 9.58. The molecule has 3 nitrogen and oxygen atoms in total. The first kappa shape index (κ1) is 11.6. The molecule has 82 valence electrons.